The van der Waals surface area contributed by atoms with E-state index in [4.69, 9.17) is 0 Å². The summed E-state index contributed by atoms with van der Waals surface area (Å²) in [5.74, 6) is -0.768. The van der Waals surface area contributed by atoms with Gasteiger partial charge in [0.25, 0.3) is 5.56 Å². The van der Waals surface area contributed by atoms with Crippen LogP contribution in [0.5, 0.6) is 0 Å². The molecule has 2 atom stereocenters. The predicted molar refractivity (Wildman–Crippen MR) is 91.3 cm³/mol. The molecule has 1 aliphatic rings. The quantitative estimate of drug-likeness (QED) is 0.719. The fourth-order valence-corrected chi connectivity index (χ4v) is 3.28. The van der Waals surface area contributed by atoms with Crippen LogP contribution < -0.4 is 16.2 Å². The lowest BCUT2D eigenvalue weighted by atomic mass is 9.70. The van der Waals surface area contributed by atoms with E-state index < -0.39 is 29.5 Å². The van der Waals surface area contributed by atoms with Gasteiger partial charge in [-0.1, -0.05) is 6.92 Å². The highest BCUT2D eigenvalue weighted by molar-refractivity contribution is 5.76. The molecule has 2 unspecified atom stereocenters. The fourth-order valence-electron chi connectivity index (χ4n) is 3.28. The Morgan fingerprint density at radius 3 is 2.62 bits per heavy atom. The van der Waals surface area contributed by atoms with Crippen LogP contribution in [-0.4, -0.2) is 23.7 Å². The van der Waals surface area contributed by atoms with Gasteiger partial charge in [0.05, 0.1) is 0 Å². The molecule has 2 heterocycles. The molecule has 140 valence electrons. The predicted octanol–water partition coefficient (Wildman–Crippen LogP) is 3.81. The van der Waals surface area contributed by atoms with Crippen molar-refractivity contribution in [1.29, 1.82) is 0 Å². The van der Waals surface area contributed by atoms with Crippen LogP contribution in [-0.2, 0) is 5.41 Å². The molecule has 26 heavy (non-hydrogen) atoms. The largest absolute Gasteiger partial charge is 0.403 e. The van der Waals surface area contributed by atoms with Crippen LogP contribution in [0.2, 0.25) is 0 Å². The Balaban J connectivity index is 2.32. The smallest absolute Gasteiger partial charge is 0.351 e. The molecule has 1 aliphatic heterocycles. The summed E-state index contributed by atoms with van der Waals surface area (Å²) in [5, 5.41) is 5.61. The number of hydrogen-bond donors (Lipinski definition) is 3. The first-order valence-corrected chi connectivity index (χ1v) is 8.30. The standard InChI is InChI=1S/C18H19F4N3O/c1-3-10(2)24-9-17(18(20,21)22)12-6-7-23-16(26)15(12)25-14-5-4-11(19)8-13(14)17/h4-8,10,24-25H,3,9H2,1-2H3,(H,23,26). The van der Waals surface area contributed by atoms with E-state index in [0.29, 0.717) is 6.42 Å². The molecule has 0 spiro atoms. The lowest BCUT2D eigenvalue weighted by molar-refractivity contribution is -0.177. The Bertz CT molecular complexity index is 877. The number of aromatic amines is 1. The maximum absolute atomic E-state index is 14.5. The highest BCUT2D eigenvalue weighted by atomic mass is 19.4. The zero-order chi connectivity index (χ0) is 19.1. The van der Waals surface area contributed by atoms with Crippen molar-refractivity contribution in [3.8, 4) is 0 Å². The molecule has 8 heteroatoms. The van der Waals surface area contributed by atoms with Crippen molar-refractivity contribution in [2.75, 3.05) is 11.9 Å². The van der Waals surface area contributed by atoms with Gasteiger partial charge in [-0.15, -0.1) is 0 Å². The third-order valence-electron chi connectivity index (χ3n) is 4.93. The normalized spacial score (nSPS) is 20.1. The second-order valence-electron chi connectivity index (χ2n) is 6.50. The third kappa shape index (κ3) is 2.78. The molecule has 0 saturated heterocycles. The van der Waals surface area contributed by atoms with Gasteiger partial charge < -0.3 is 15.6 Å². The summed E-state index contributed by atoms with van der Waals surface area (Å²) in [6, 6.07) is 4.23. The van der Waals surface area contributed by atoms with E-state index >= 15 is 0 Å². The van der Waals surface area contributed by atoms with Gasteiger partial charge in [0.1, 0.15) is 16.9 Å². The highest BCUT2D eigenvalue weighted by Crippen LogP contribution is 2.53. The Hall–Kier alpha value is -2.35. The highest BCUT2D eigenvalue weighted by Gasteiger charge is 2.60. The SMILES string of the molecule is CCC(C)NCC1(C(F)(F)F)c2cc(F)ccc2Nc2c1cc[nH]c2=O. The molecule has 0 aliphatic carbocycles. The van der Waals surface area contributed by atoms with Crippen LogP contribution in [0.4, 0.5) is 28.9 Å². The number of nitrogens with one attached hydrogen (secondary N) is 3. The maximum Gasteiger partial charge on any atom is 0.403 e. The maximum atomic E-state index is 14.5. The van der Waals surface area contributed by atoms with Crippen LogP contribution in [0.3, 0.4) is 0 Å². The average molecular weight is 369 g/mol. The number of aromatic nitrogens is 1. The molecule has 0 fully saturated rings. The summed E-state index contributed by atoms with van der Waals surface area (Å²) in [6.07, 6.45) is -2.94. The molecule has 0 bridgehead atoms. The van der Waals surface area contributed by atoms with Crippen molar-refractivity contribution in [2.24, 2.45) is 0 Å². The molecular weight excluding hydrogens is 350 g/mol. The van der Waals surface area contributed by atoms with Crippen LogP contribution in [0.15, 0.2) is 35.3 Å². The minimum atomic E-state index is -4.75. The van der Waals surface area contributed by atoms with E-state index in [1.807, 2.05) is 6.92 Å². The Morgan fingerprint density at radius 1 is 1.23 bits per heavy atom. The van der Waals surface area contributed by atoms with Gasteiger partial charge in [-0.3, -0.25) is 4.79 Å². The number of anilines is 2. The minimum Gasteiger partial charge on any atom is -0.351 e. The lowest BCUT2D eigenvalue weighted by Crippen LogP contribution is -2.54. The number of halogens is 4. The topological polar surface area (TPSA) is 56.9 Å². The number of benzene rings is 1. The second-order valence-corrected chi connectivity index (χ2v) is 6.50. The number of H-pyrrole nitrogens is 1. The van der Waals surface area contributed by atoms with E-state index in [0.717, 1.165) is 12.1 Å². The first kappa shape index (κ1) is 18.4. The molecule has 0 amide bonds. The number of hydrogen-bond acceptors (Lipinski definition) is 3. The van der Waals surface area contributed by atoms with Crippen molar-refractivity contribution in [3.05, 3.63) is 57.8 Å². The fraction of sp³-hybridized carbons (Fsp3) is 0.389. The second kappa shape index (κ2) is 6.42. The summed E-state index contributed by atoms with van der Waals surface area (Å²) in [7, 11) is 0. The zero-order valence-corrected chi connectivity index (χ0v) is 14.3. The van der Waals surface area contributed by atoms with Gasteiger partial charge in [0, 0.05) is 30.0 Å². The van der Waals surface area contributed by atoms with E-state index in [9.17, 15) is 22.4 Å². The number of rotatable bonds is 4. The summed E-state index contributed by atoms with van der Waals surface area (Å²) in [5.41, 5.74) is -3.76. The van der Waals surface area contributed by atoms with Gasteiger partial charge in [0.15, 0.2) is 0 Å². The Morgan fingerprint density at radius 2 is 1.96 bits per heavy atom. The minimum absolute atomic E-state index is 0.0684. The van der Waals surface area contributed by atoms with Crippen LogP contribution in [0.1, 0.15) is 31.4 Å². The molecule has 0 saturated carbocycles. The van der Waals surface area contributed by atoms with Crippen molar-refractivity contribution >= 4 is 11.4 Å². The third-order valence-corrected chi connectivity index (χ3v) is 4.93. The van der Waals surface area contributed by atoms with Crippen LogP contribution in [0, 0.1) is 5.82 Å². The number of fused-ring (bicyclic) bond motifs is 2. The summed E-state index contributed by atoms with van der Waals surface area (Å²) < 4.78 is 57.3. The molecular formula is C18H19F4N3O. The molecule has 2 aromatic rings. The van der Waals surface area contributed by atoms with E-state index in [1.54, 1.807) is 6.92 Å². The molecule has 4 nitrogen and oxygen atoms in total. The summed E-state index contributed by atoms with van der Waals surface area (Å²) in [6.45, 7) is 3.13. The van der Waals surface area contributed by atoms with Gasteiger partial charge in [-0.25, -0.2) is 4.39 Å². The van der Waals surface area contributed by atoms with E-state index in [1.165, 1.54) is 18.3 Å². The molecule has 0 radical (unpaired) electrons. The van der Waals surface area contributed by atoms with Crippen molar-refractivity contribution in [2.45, 2.75) is 37.9 Å². The van der Waals surface area contributed by atoms with Gasteiger partial charge in [0.2, 0.25) is 0 Å². The van der Waals surface area contributed by atoms with Crippen molar-refractivity contribution < 1.29 is 17.6 Å². The number of alkyl halides is 3. The van der Waals surface area contributed by atoms with Crippen molar-refractivity contribution in [3.63, 3.8) is 0 Å². The first-order chi connectivity index (χ1) is 12.2. The van der Waals surface area contributed by atoms with Crippen molar-refractivity contribution in [1.82, 2.24) is 10.3 Å². The van der Waals surface area contributed by atoms with Gasteiger partial charge >= 0.3 is 6.18 Å². The molecule has 3 rings (SSSR count). The Labute approximate surface area is 147 Å². The van der Waals surface area contributed by atoms with Gasteiger partial charge in [-0.2, -0.15) is 13.2 Å². The van der Waals surface area contributed by atoms with E-state index in [-0.39, 0.29) is 28.5 Å². The zero-order valence-electron chi connectivity index (χ0n) is 14.3. The Kier molecular flexibility index (Phi) is 4.56. The van der Waals surface area contributed by atoms with Crippen LogP contribution >= 0.6 is 0 Å². The van der Waals surface area contributed by atoms with Gasteiger partial charge in [-0.05, 0) is 43.2 Å². The molecule has 1 aromatic carbocycles. The average Bonchev–Trinajstić information content (AvgIpc) is 2.58. The van der Waals surface area contributed by atoms with E-state index in [2.05, 4.69) is 15.6 Å². The lowest BCUT2D eigenvalue weighted by Gasteiger charge is -2.42. The molecule has 1 aromatic heterocycles. The molecule has 3 N–H and O–H groups in total. The summed E-state index contributed by atoms with van der Waals surface area (Å²) in [4.78, 5) is 14.6. The number of pyridine rings is 1. The van der Waals surface area contributed by atoms with Crippen LogP contribution in [0.25, 0.3) is 0 Å². The monoisotopic (exact) mass is 369 g/mol. The summed E-state index contributed by atoms with van der Waals surface area (Å²) >= 11 is 0. The first-order valence-electron chi connectivity index (χ1n) is 8.30.